The topological polar surface area (TPSA) is 67.8 Å². The number of likely N-dealkylation sites (tertiary alicyclic amines) is 1. The minimum absolute atomic E-state index is 0.0991. The monoisotopic (exact) mass is 728 g/mol. The van der Waals surface area contributed by atoms with Gasteiger partial charge in [0.15, 0.2) is 5.75 Å². The van der Waals surface area contributed by atoms with Crippen molar-refractivity contribution in [3.8, 4) is 5.75 Å². The second kappa shape index (κ2) is 15.8. The number of rotatable bonds is 10. The number of benzene rings is 3. The van der Waals surface area contributed by atoms with Crippen molar-refractivity contribution in [2.75, 3.05) is 4.90 Å². The summed E-state index contributed by atoms with van der Waals surface area (Å²) in [4.78, 5) is 26.1. The largest absolute Gasteiger partial charge is 0.486 e. The number of halogens is 6. The van der Waals surface area contributed by atoms with Crippen LogP contribution in [0.5, 0.6) is 5.75 Å². The quantitative estimate of drug-likeness (QED) is 0.152. The minimum Gasteiger partial charge on any atom is -0.486 e. The van der Waals surface area contributed by atoms with Gasteiger partial charge in [-0.2, -0.15) is 26.3 Å². The Labute approximate surface area is 299 Å². The lowest BCUT2D eigenvalue weighted by Gasteiger charge is -2.48. The van der Waals surface area contributed by atoms with Crippen molar-refractivity contribution in [3.63, 3.8) is 0 Å². The third kappa shape index (κ3) is 10.2. The highest BCUT2D eigenvalue weighted by molar-refractivity contribution is 5.69. The highest BCUT2D eigenvalue weighted by atomic mass is 19.4. The lowest BCUT2D eigenvalue weighted by molar-refractivity contribution is -0.143. The van der Waals surface area contributed by atoms with E-state index in [0.29, 0.717) is 31.4 Å². The van der Waals surface area contributed by atoms with Gasteiger partial charge in [0.1, 0.15) is 12.2 Å². The van der Waals surface area contributed by atoms with Crippen LogP contribution in [0.25, 0.3) is 0 Å². The van der Waals surface area contributed by atoms with Crippen LogP contribution in [0.15, 0.2) is 91.3 Å². The minimum atomic E-state index is -5.01. The van der Waals surface area contributed by atoms with Crippen molar-refractivity contribution >= 4 is 12.0 Å². The molecule has 13 heteroatoms. The van der Waals surface area contributed by atoms with Crippen LogP contribution in [-0.2, 0) is 36.7 Å². The van der Waals surface area contributed by atoms with Gasteiger partial charge in [-0.15, -0.1) is 0 Å². The Morgan fingerprint density at radius 2 is 1.33 bits per heavy atom. The lowest BCUT2D eigenvalue weighted by Crippen LogP contribution is -2.58. The molecule has 1 saturated heterocycles. The summed E-state index contributed by atoms with van der Waals surface area (Å²) in [5.74, 6) is 0.432. The maximum atomic E-state index is 13.9. The van der Waals surface area contributed by atoms with Crippen molar-refractivity contribution in [2.45, 2.75) is 103 Å². The Kier molecular flexibility index (Phi) is 11.7. The molecule has 1 fully saturated rings. The Morgan fingerprint density at radius 3 is 1.85 bits per heavy atom. The summed E-state index contributed by atoms with van der Waals surface area (Å²) in [6, 6.07) is 19.2. The Balaban J connectivity index is 1.54. The Bertz CT molecular complexity index is 1730. The molecule has 1 aliphatic rings. The molecule has 0 bridgehead atoms. The van der Waals surface area contributed by atoms with E-state index in [4.69, 9.17) is 9.47 Å². The molecule has 278 valence electrons. The smallest absolute Gasteiger partial charge is 0.416 e. The van der Waals surface area contributed by atoms with Gasteiger partial charge in [-0.1, -0.05) is 67.6 Å². The number of hydrogen-bond donors (Lipinski definition) is 0. The van der Waals surface area contributed by atoms with Crippen LogP contribution in [0.2, 0.25) is 0 Å². The number of anilines is 1. The normalized spacial score (nSPS) is 18.2. The fourth-order valence-electron chi connectivity index (χ4n) is 6.49. The van der Waals surface area contributed by atoms with Gasteiger partial charge in [0, 0.05) is 24.7 Å². The molecule has 1 aromatic heterocycles. The van der Waals surface area contributed by atoms with Crippen LogP contribution in [0, 0.1) is 0 Å². The molecule has 1 aliphatic heterocycles. The molecule has 2 heterocycles. The molecule has 1 amide bonds. The van der Waals surface area contributed by atoms with Crippen LogP contribution in [0.4, 0.5) is 37.1 Å². The van der Waals surface area contributed by atoms with Gasteiger partial charge in [0.2, 0.25) is 5.95 Å². The Morgan fingerprint density at radius 1 is 0.788 bits per heavy atom. The van der Waals surface area contributed by atoms with E-state index in [1.807, 2.05) is 67.6 Å². The zero-order valence-electron chi connectivity index (χ0n) is 29.4. The number of carbonyl (C=O) groups excluding carboxylic acids is 1. The van der Waals surface area contributed by atoms with E-state index in [0.717, 1.165) is 23.3 Å². The second-order valence-electron chi connectivity index (χ2n) is 14.0. The van der Waals surface area contributed by atoms with Gasteiger partial charge in [-0.3, -0.25) is 0 Å². The van der Waals surface area contributed by atoms with Gasteiger partial charge in [0.05, 0.1) is 23.5 Å². The predicted octanol–water partition coefficient (Wildman–Crippen LogP) is 9.89. The molecule has 3 aromatic carbocycles. The molecule has 0 radical (unpaired) electrons. The third-order valence-corrected chi connectivity index (χ3v) is 8.83. The van der Waals surface area contributed by atoms with Crippen LogP contribution >= 0.6 is 0 Å². The molecular formula is C39H42F6N4O3. The highest BCUT2D eigenvalue weighted by Crippen LogP contribution is 2.38. The van der Waals surface area contributed by atoms with Gasteiger partial charge in [-0.25, -0.2) is 14.8 Å². The fourth-order valence-corrected chi connectivity index (χ4v) is 6.49. The summed E-state index contributed by atoms with van der Waals surface area (Å²) < 4.78 is 95.2. The maximum absolute atomic E-state index is 13.9. The third-order valence-electron chi connectivity index (χ3n) is 8.83. The average Bonchev–Trinajstić information content (AvgIpc) is 3.09. The van der Waals surface area contributed by atoms with Crippen molar-refractivity contribution in [1.82, 2.24) is 14.9 Å². The number of nitrogens with zero attached hydrogens (tertiary/aromatic N) is 4. The van der Waals surface area contributed by atoms with Gasteiger partial charge >= 0.3 is 18.4 Å². The summed E-state index contributed by atoms with van der Waals surface area (Å²) in [6.45, 7) is 7.14. The van der Waals surface area contributed by atoms with Crippen molar-refractivity contribution in [2.24, 2.45) is 0 Å². The number of piperidine rings is 1. The van der Waals surface area contributed by atoms with Crippen LogP contribution in [0.3, 0.4) is 0 Å². The average molecular weight is 729 g/mol. The maximum Gasteiger partial charge on any atom is 0.416 e. The van der Waals surface area contributed by atoms with Gasteiger partial charge in [-0.05, 0) is 81.3 Å². The van der Waals surface area contributed by atoms with Crippen molar-refractivity contribution in [3.05, 3.63) is 119 Å². The SMILES string of the molecule is CC[C@@H]1C[C@H](N(Cc2cc(C(F)(F)F)cc(C(F)(F)F)c2)c2ncc(OCc3ccccc3)cn2)C[C@H](Cc2ccccc2)N1C(=O)OC(C)(C)C. The molecule has 3 atom stereocenters. The van der Waals surface area contributed by atoms with Gasteiger partial charge < -0.3 is 19.3 Å². The van der Waals surface area contributed by atoms with Crippen LogP contribution in [0.1, 0.15) is 74.8 Å². The Hall–Kier alpha value is -4.81. The lowest BCUT2D eigenvalue weighted by atomic mass is 9.86. The number of ether oxygens (including phenoxy) is 2. The zero-order chi connectivity index (χ0) is 37.7. The van der Waals surface area contributed by atoms with E-state index in [-0.39, 0.29) is 36.8 Å². The molecule has 4 aromatic rings. The standard InChI is InChI=1S/C39H42F6N4O3/c1-5-31-20-32(21-33(18-26-12-8-6-9-13-26)49(31)36(50)52-37(2,3)4)48(24-28-16-29(38(40,41)42)19-30(17-28)39(43,44)45)35-46-22-34(23-47-35)51-25-27-14-10-7-11-15-27/h6-17,19,22-23,31-33H,5,18,20-21,24-25H2,1-4H3/t31-,32+,33+/m1/s1. The van der Waals surface area contributed by atoms with Crippen LogP contribution < -0.4 is 9.64 Å². The summed E-state index contributed by atoms with van der Waals surface area (Å²) in [5, 5.41) is 0. The predicted molar refractivity (Wildman–Crippen MR) is 185 cm³/mol. The molecule has 0 spiro atoms. The number of hydrogen-bond acceptors (Lipinski definition) is 6. The highest BCUT2D eigenvalue weighted by Gasteiger charge is 2.43. The molecule has 5 rings (SSSR count). The summed E-state index contributed by atoms with van der Waals surface area (Å²) in [6.07, 6.45) is -6.05. The number of carbonyl (C=O) groups is 1. The number of alkyl halides is 6. The van der Waals surface area contributed by atoms with Crippen molar-refractivity contribution < 1.29 is 40.6 Å². The van der Waals surface area contributed by atoms with Gasteiger partial charge in [0.25, 0.3) is 0 Å². The summed E-state index contributed by atoms with van der Waals surface area (Å²) in [7, 11) is 0. The first-order chi connectivity index (χ1) is 24.5. The molecule has 0 aliphatic carbocycles. The van der Waals surface area contributed by atoms with E-state index in [1.165, 1.54) is 12.4 Å². The fraction of sp³-hybridized carbons (Fsp3) is 0.410. The van der Waals surface area contributed by atoms with E-state index in [9.17, 15) is 31.1 Å². The summed E-state index contributed by atoms with van der Waals surface area (Å²) >= 11 is 0. The molecule has 0 saturated carbocycles. The van der Waals surface area contributed by atoms with Crippen molar-refractivity contribution in [1.29, 1.82) is 0 Å². The van der Waals surface area contributed by atoms with E-state index >= 15 is 0 Å². The molecule has 52 heavy (non-hydrogen) atoms. The molecule has 0 unspecified atom stereocenters. The van der Waals surface area contributed by atoms with E-state index in [2.05, 4.69) is 9.97 Å². The van der Waals surface area contributed by atoms with E-state index < -0.39 is 47.3 Å². The number of amides is 1. The van der Waals surface area contributed by atoms with Crippen LogP contribution in [-0.4, -0.2) is 44.7 Å². The van der Waals surface area contributed by atoms with E-state index in [1.54, 1.807) is 30.6 Å². The first-order valence-electron chi connectivity index (χ1n) is 17.1. The zero-order valence-corrected chi connectivity index (χ0v) is 29.4. The number of aromatic nitrogens is 2. The second-order valence-corrected chi connectivity index (χ2v) is 14.0. The molecule has 7 nitrogen and oxygen atoms in total. The summed E-state index contributed by atoms with van der Waals surface area (Å²) in [5.41, 5.74) is -1.94. The first kappa shape index (κ1) is 38.4. The molecule has 0 N–H and O–H groups in total. The molecular weight excluding hydrogens is 686 g/mol. The first-order valence-corrected chi connectivity index (χ1v) is 17.1.